The lowest BCUT2D eigenvalue weighted by Crippen LogP contribution is -2.20. The number of esters is 1. The summed E-state index contributed by atoms with van der Waals surface area (Å²) in [7, 11) is 1.40. The highest BCUT2D eigenvalue weighted by atomic mass is 19.1. The van der Waals surface area contributed by atoms with Gasteiger partial charge in [-0.2, -0.15) is 9.98 Å². The number of carbonyl (C=O) groups excluding carboxylic acids is 3. The number of methoxy groups -OCH3 is 1. The van der Waals surface area contributed by atoms with Gasteiger partial charge in [0.05, 0.1) is 13.7 Å². The van der Waals surface area contributed by atoms with Crippen LogP contribution in [0.2, 0.25) is 0 Å². The van der Waals surface area contributed by atoms with Crippen LogP contribution in [-0.2, 0) is 23.7 Å². The minimum Gasteiger partial charge on any atom is -0.497 e. The van der Waals surface area contributed by atoms with Crippen LogP contribution < -0.4 is 25.3 Å². The lowest BCUT2D eigenvalue weighted by molar-refractivity contribution is -0.141. The summed E-state index contributed by atoms with van der Waals surface area (Å²) in [5.41, 5.74) is 6.89. The highest BCUT2D eigenvalue weighted by Crippen LogP contribution is 2.36. The van der Waals surface area contributed by atoms with Gasteiger partial charge in [0.15, 0.2) is 17.4 Å². The second-order valence-corrected chi connectivity index (χ2v) is 11.8. The van der Waals surface area contributed by atoms with Crippen molar-refractivity contribution in [3.05, 3.63) is 77.6 Å². The van der Waals surface area contributed by atoms with Gasteiger partial charge in [0.2, 0.25) is 6.79 Å². The normalized spacial score (nSPS) is 11.7. The Kier molecular flexibility index (Phi) is 16.1. The van der Waals surface area contributed by atoms with Crippen LogP contribution in [0.25, 0.3) is 5.95 Å². The molecule has 56 heavy (non-hydrogen) atoms. The van der Waals surface area contributed by atoms with E-state index in [0.717, 1.165) is 11.1 Å². The first-order valence-corrected chi connectivity index (χ1v) is 17.8. The number of anilines is 1. The lowest BCUT2D eigenvalue weighted by atomic mass is 10.0. The molecule has 1 atom stereocenters. The molecule has 0 aliphatic carbocycles. The van der Waals surface area contributed by atoms with Gasteiger partial charge in [-0.25, -0.2) is 23.9 Å². The van der Waals surface area contributed by atoms with Crippen molar-refractivity contribution >= 4 is 29.7 Å². The van der Waals surface area contributed by atoms with Crippen molar-refractivity contribution in [2.75, 3.05) is 39.0 Å². The molecule has 0 aliphatic rings. The van der Waals surface area contributed by atoms with Crippen molar-refractivity contribution in [3.63, 3.8) is 0 Å². The summed E-state index contributed by atoms with van der Waals surface area (Å²) in [6, 6.07) is 9.38. The summed E-state index contributed by atoms with van der Waals surface area (Å²) in [6.45, 7) is 6.28. The third kappa shape index (κ3) is 12.3. The lowest BCUT2D eigenvalue weighted by Gasteiger charge is -2.21. The molecule has 2 heterocycles. The predicted molar refractivity (Wildman–Crippen MR) is 198 cm³/mol. The molecule has 4 aromatic rings. The SMILES string of the molecule is CCCCOC(=O)N=C(N)c1ccc(NC(c2nc(OCOC(=O)OC(CC)CC)n(-c3ncccn3)n2)c2cc(OC)cc(OCCOC(C)=O)c2F)cc1. The van der Waals surface area contributed by atoms with Crippen LogP contribution in [-0.4, -0.2) is 88.6 Å². The maximum absolute atomic E-state index is 16.5. The quantitative estimate of drug-likeness (QED) is 0.0275. The number of aliphatic imine (C=N–C) groups is 1. The van der Waals surface area contributed by atoms with E-state index < -0.39 is 36.9 Å². The summed E-state index contributed by atoms with van der Waals surface area (Å²) in [4.78, 5) is 52.5. The number of hydrogen-bond acceptors (Lipinski definition) is 15. The van der Waals surface area contributed by atoms with Crippen molar-refractivity contribution in [3.8, 4) is 23.5 Å². The molecule has 4 rings (SSSR count). The molecule has 0 spiro atoms. The summed E-state index contributed by atoms with van der Waals surface area (Å²) < 4.78 is 54.9. The zero-order valence-electron chi connectivity index (χ0n) is 31.7. The number of nitrogens with one attached hydrogen (secondary N) is 1. The van der Waals surface area contributed by atoms with Gasteiger partial charge < -0.3 is 44.2 Å². The summed E-state index contributed by atoms with van der Waals surface area (Å²) in [5.74, 6) is -1.42. The number of unbranched alkanes of at least 4 members (excludes halogenated alkanes) is 1. The number of ether oxygens (including phenoxy) is 7. The van der Waals surface area contributed by atoms with E-state index >= 15 is 4.39 Å². The Bertz CT molecular complexity index is 1920. The number of benzene rings is 2. The number of hydrogen-bond donors (Lipinski definition) is 2. The smallest absolute Gasteiger partial charge is 0.497 e. The average Bonchev–Trinajstić information content (AvgIpc) is 3.62. The van der Waals surface area contributed by atoms with Gasteiger partial charge in [0.25, 0.3) is 5.95 Å². The Balaban J connectivity index is 1.74. The van der Waals surface area contributed by atoms with Gasteiger partial charge in [-0.15, -0.1) is 9.78 Å². The number of amides is 1. The fourth-order valence-corrected chi connectivity index (χ4v) is 4.86. The van der Waals surface area contributed by atoms with E-state index in [2.05, 4.69) is 30.4 Å². The molecular weight excluding hydrogens is 735 g/mol. The van der Waals surface area contributed by atoms with E-state index in [1.165, 1.54) is 38.6 Å². The van der Waals surface area contributed by atoms with Crippen molar-refractivity contribution in [1.29, 1.82) is 0 Å². The maximum atomic E-state index is 16.5. The van der Waals surface area contributed by atoms with E-state index in [1.807, 2.05) is 20.8 Å². The minimum absolute atomic E-state index is 0.0329. The molecule has 3 N–H and O–H groups in total. The fraction of sp³-hybridized carbons (Fsp3) is 0.405. The number of aromatic nitrogens is 5. The van der Waals surface area contributed by atoms with Crippen molar-refractivity contribution in [1.82, 2.24) is 24.7 Å². The van der Waals surface area contributed by atoms with Crippen LogP contribution in [0.4, 0.5) is 19.7 Å². The van der Waals surface area contributed by atoms with E-state index in [9.17, 15) is 14.4 Å². The van der Waals surface area contributed by atoms with E-state index in [1.54, 1.807) is 30.3 Å². The first-order chi connectivity index (χ1) is 27.1. The third-order valence-electron chi connectivity index (χ3n) is 7.79. The molecule has 2 aromatic carbocycles. The first-order valence-electron chi connectivity index (χ1n) is 17.8. The van der Waals surface area contributed by atoms with Crippen molar-refractivity contribution in [2.24, 2.45) is 10.7 Å². The molecule has 1 amide bonds. The largest absolute Gasteiger partial charge is 0.511 e. The van der Waals surface area contributed by atoms with E-state index in [0.29, 0.717) is 30.5 Å². The molecular formula is C37H45FN8O10. The highest BCUT2D eigenvalue weighted by Gasteiger charge is 2.29. The van der Waals surface area contributed by atoms with Gasteiger partial charge in [0.1, 0.15) is 36.9 Å². The average molecular weight is 781 g/mol. The van der Waals surface area contributed by atoms with Crippen LogP contribution in [0.1, 0.15) is 76.4 Å². The molecule has 0 aliphatic heterocycles. The van der Waals surface area contributed by atoms with Gasteiger partial charge in [0, 0.05) is 42.2 Å². The highest BCUT2D eigenvalue weighted by molar-refractivity contribution is 6.02. The Morgan fingerprint density at radius 3 is 2.36 bits per heavy atom. The molecule has 0 radical (unpaired) electrons. The molecule has 1 unspecified atom stereocenters. The molecule has 300 valence electrons. The van der Waals surface area contributed by atoms with Crippen LogP contribution in [0.3, 0.4) is 0 Å². The molecule has 18 nitrogen and oxygen atoms in total. The second-order valence-electron chi connectivity index (χ2n) is 11.8. The number of nitrogens with two attached hydrogens (primary N) is 1. The van der Waals surface area contributed by atoms with E-state index in [-0.39, 0.29) is 66.6 Å². The molecule has 0 fully saturated rings. The van der Waals surface area contributed by atoms with Crippen LogP contribution in [0.5, 0.6) is 17.5 Å². The molecule has 19 heteroatoms. The first kappa shape index (κ1) is 42.2. The monoisotopic (exact) mass is 780 g/mol. The number of nitrogens with zero attached hydrogens (tertiary/aromatic N) is 6. The van der Waals surface area contributed by atoms with Crippen LogP contribution in [0, 0.1) is 5.82 Å². The Morgan fingerprint density at radius 2 is 1.70 bits per heavy atom. The topological polar surface area (TPSA) is 223 Å². The standard InChI is InChI=1S/C37H45FN8O10/c1-6-9-17-53-36(48)43-32(39)24-11-13-25(14-12-24)42-31(28-20-27(50-5)21-29(30(28)38)52-19-18-51-23(4)47)33-44-35(46(45-33)34-40-15-10-16-41-34)54-22-55-37(49)56-26(7-2)8-3/h10-16,20-21,26,31,42H,6-9,17-19,22H2,1-5H3,(H2,39,43,48). The Labute approximate surface area is 322 Å². The maximum Gasteiger partial charge on any atom is 0.511 e. The molecule has 2 aromatic heterocycles. The number of halogens is 1. The number of rotatable bonds is 20. The zero-order chi connectivity index (χ0) is 40.5. The Hall–Kier alpha value is -6.53. The zero-order valence-corrected chi connectivity index (χ0v) is 31.7. The number of carbonyl (C=O) groups is 3. The van der Waals surface area contributed by atoms with Crippen molar-refractivity contribution < 1.29 is 51.9 Å². The van der Waals surface area contributed by atoms with Crippen LogP contribution >= 0.6 is 0 Å². The summed E-state index contributed by atoms with van der Waals surface area (Å²) in [6.07, 6.45) is 3.58. The van der Waals surface area contributed by atoms with Gasteiger partial charge in [-0.05, 0) is 55.7 Å². The number of amidine groups is 1. The van der Waals surface area contributed by atoms with Gasteiger partial charge >= 0.3 is 24.2 Å². The molecule has 0 bridgehead atoms. The van der Waals surface area contributed by atoms with Gasteiger partial charge in [-0.3, -0.25) is 4.79 Å². The molecule has 0 saturated carbocycles. The fourth-order valence-electron chi connectivity index (χ4n) is 4.86. The van der Waals surface area contributed by atoms with Crippen LogP contribution in [0.15, 0.2) is 59.9 Å². The Morgan fingerprint density at radius 1 is 0.964 bits per heavy atom. The van der Waals surface area contributed by atoms with E-state index in [4.69, 9.17) is 38.9 Å². The predicted octanol–water partition coefficient (Wildman–Crippen LogP) is 5.67. The third-order valence-corrected chi connectivity index (χ3v) is 7.79. The molecule has 0 saturated heterocycles. The minimum atomic E-state index is -1.20. The van der Waals surface area contributed by atoms with Gasteiger partial charge in [-0.1, -0.05) is 27.2 Å². The summed E-state index contributed by atoms with van der Waals surface area (Å²) in [5, 5.41) is 7.80. The second kappa shape index (κ2) is 21.4. The van der Waals surface area contributed by atoms with Crippen molar-refractivity contribution in [2.45, 2.75) is 65.5 Å². The summed E-state index contributed by atoms with van der Waals surface area (Å²) >= 11 is 0.